The SMILES string of the molecule is CC(C)(C)[Si](C)(C)OCCNc1c(N)cnc2cc(OCc3ccccc3)ccc12. The van der Waals surface area contributed by atoms with Crippen molar-refractivity contribution in [3.05, 3.63) is 60.3 Å². The minimum atomic E-state index is -1.76. The Morgan fingerprint density at radius 2 is 1.80 bits per heavy atom. The van der Waals surface area contributed by atoms with Gasteiger partial charge >= 0.3 is 0 Å². The van der Waals surface area contributed by atoms with Crippen molar-refractivity contribution in [3.63, 3.8) is 0 Å². The Morgan fingerprint density at radius 1 is 1.07 bits per heavy atom. The Balaban J connectivity index is 1.67. The number of hydrogen-bond donors (Lipinski definition) is 2. The van der Waals surface area contributed by atoms with E-state index in [2.05, 4.69) is 44.2 Å². The van der Waals surface area contributed by atoms with Gasteiger partial charge in [-0.2, -0.15) is 0 Å². The second-order valence-electron chi connectivity index (χ2n) is 9.08. The number of nitrogens with two attached hydrogens (primary N) is 1. The number of nitrogens with one attached hydrogen (secondary N) is 1. The summed E-state index contributed by atoms with van der Waals surface area (Å²) in [6, 6.07) is 16.0. The van der Waals surface area contributed by atoms with Crippen LogP contribution in [0, 0.1) is 0 Å². The van der Waals surface area contributed by atoms with E-state index in [9.17, 15) is 0 Å². The summed E-state index contributed by atoms with van der Waals surface area (Å²) in [5.74, 6) is 0.788. The van der Waals surface area contributed by atoms with Crippen molar-refractivity contribution in [1.82, 2.24) is 4.98 Å². The number of benzene rings is 2. The molecule has 1 heterocycles. The van der Waals surface area contributed by atoms with Crippen LogP contribution in [0.1, 0.15) is 26.3 Å². The number of hydrogen-bond acceptors (Lipinski definition) is 5. The van der Waals surface area contributed by atoms with Crippen molar-refractivity contribution >= 4 is 30.6 Å². The van der Waals surface area contributed by atoms with Gasteiger partial charge < -0.3 is 20.2 Å². The maximum atomic E-state index is 6.26. The first-order chi connectivity index (χ1) is 14.2. The molecule has 0 amide bonds. The highest BCUT2D eigenvalue weighted by Gasteiger charge is 2.36. The first-order valence-electron chi connectivity index (χ1n) is 10.4. The minimum absolute atomic E-state index is 0.200. The molecule has 0 saturated carbocycles. The van der Waals surface area contributed by atoms with Gasteiger partial charge in [0, 0.05) is 18.0 Å². The third-order valence-corrected chi connectivity index (χ3v) is 10.3. The fraction of sp³-hybridized carbons (Fsp3) is 0.375. The summed E-state index contributed by atoms with van der Waals surface area (Å²) in [6.07, 6.45) is 1.69. The van der Waals surface area contributed by atoms with Crippen LogP contribution in [0.5, 0.6) is 5.75 Å². The van der Waals surface area contributed by atoms with Gasteiger partial charge in [-0.05, 0) is 35.8 Å². The van der Waals surface area contributed by atoms with E-state index >= 15 is 0 Å². The summed E-state index contributed by atoms with van der Waals surface area (Å²) in [5, 5.41) is 4.63. The molecule has 2 aromatic carbocycles. The Labute approximate surface area is 180 Å². The zero-order valence-electron chi connectivity index (χ0n) is 18.7. The lowest BCUT2D eigenvalue weighted by molar-refractivity contribution is 0.301. The summed E-state index contributed by atoms with van der Waals surface area (Å²) >= 11 is 0. The topological polar surface area (TPSA) is 69.4 Å². The molecule has 0 fully saturated rings. The van der Waals surface area contributed by atoms with Crippen molar-refractivity contribution in [1.29, 1.82) is 0 Å². The summed E-state index contributed by atoms with van der Waals surface area (Å²) in [6.45, 7) is 13.1. The Morgan fingerprint density at radius 3 is 2.50 bits per heavy atom. The number of fused-ring (bicyclic) bond motifs is 1. The van der Waals surface area contributed by atoms with Crippen LogP contribution >= 0.6 is 0 Å². The zero-order chi connectivity index (χ0) is 21.8. The van der Waals surface area contributed by atoms with Crippen LogP contribution in [0.4, 0.5) is 11.4 Å². The highest BCUT2D eigenvalue weighted by molar-refractivity contribution is 6.74. The van der Waals surface area contributed by atoms with Gasteiger partial charge in [-0.15, -0.1) is 0 Å². The molecular formula is C24H33N3O2Si. The molecule has 30 heavy (non-hydrogen) atoms. The van der Waals surface area contributed by atoms with Gasteiger partial charge in [-0.25, -0.2) is 0 Å². The van der Waals surface area contributed by atoms with Crippen LogP contribution in [0.15, 0.2) is 54.7 Å². The summed E-state index contributed by atoms with van der Waals surface area (Å²) in [4.78, 5) is 4.49. The number of nitrogens with zero attached hydrogens (tertiary/aromatic N) is 1. The first-order valence-corrected chi connectivity index (χ1v) is 13.3. The molecule has 3 aromatic rings. The summed E-state index contributed by atoms with van der Waals surface area (Å²) in [7, 11) is -1.76. The molecule has 0 atom stereocenters. The van der Waals surface area contributed by atoms with Crippen molar-refractivity contribution in [3.8, 4) is 5.75 Å². The smallest absolute Gasteiger partial charge is 0.192 e. The van der Waals surface area contributed by atoms with Gasteiger partial charge in [0.25, 0.3) is 0 Å². The highest BCUT2D eigenvalue weighted by Crippen LogP contribution is 2.36. The Kier molecular flexibility index (Phi) is 6.68. The Bertz CT molecular complexity index is 985. The van der Waals surface area contributed by atoms with Gasteiger partial charge in [-0.3, -0.25) is 4.98 Å². The molecular weight excluding hydrogens is 390 g/mol. The lowest BCUT2D eigenvalue weighted by Crippen LogP contribution is -2.41. The van der Waals surface area contributed by atoms with Crippen LogP contribution in [0.25, 0.3) is 10.9 Å². The molecule has 5 nitrogen and oxygen atoms in total. The molecule has 0 aliphatic carbocycles. The van der Waals surface area contributed by atoms with E-state index in [0.29, 0.717) is 25.4 Å². The van der Waals surface area contributed by atoms with E-state index < -0.39 is 8.32 Å². The van der Waals surface area contributed by atoms with Crippen LogP contribution in [0.3, 0.4) is 0 Å². The van der Waals surface area contributed by atoms with Gasteiger partial charge in [0.15, 0.2) is 8.32 Å². The standard InChI is InChI=1S/C24H33N3O2Si/c1-24(2,3)30(4,5)29-14-13-26-23-20-12-11-19(15-22(20)27-16-21(23)25)28-17-18-9-7-6-8-10-18/h6-12,15-16H,13-14,17,25H2,1-5H3,(H,26,27). The molecule has 6 heteroatoms. The van der Waals surface area contributed by atoms with Gasteiger partial charge in [0.2, 0.25) is 0 Å². The van der Waals surface area contributed by atoms with Crippen molar-refractivity contribution < 1.29 is 9.16 Å². The lowest BCUT2D eigenvalue weighted by atomic mass is 10.1. The van der Waals surface area contributed by atoms with Gasteiger partial charge in [0.1, 0.15) is 12.4 Å². The highest BCUT2D eigenvalue weighted by atomic mass is 28.4. The maximum absolute atomic E-state index is 6.26. The third kappa shape index (κ3) is 5.32. The molecule has 1 aromatic heterocycles. The van der Waals surface area contributed by atoms with E-state index in [1.54, 1.807) is 6.20 Å². The molecule has 0 aliphatic rings. The predicted octanol–water partition coefficient (Wildman–Crippen LogP) is 5.83. The fourth-order valence-corrected chi connectivity index (χ4v) is 3.96. The fourth-order valence-electron chi connectivity index (χ4n) is 2.92. The number of anilines is 2. The van der Waals surface area contributed by atoms with E-state index in [-0.39, 0.29) is 5.04 Å². The van der Waals surface area contributed by atoms with E-state index in [4.69, 9.17) is 14.9 Å². The zero-order valence-corrected chi connectivity index (χ0v) is 19.7. The van der Waals surface area contributed by atoms with Crippen molar-refractivity contribution in [2.24, 2.45) is 0 Å². The molecule has 3 N–H and O–H groups in total. The minimum Gasteiger partial charge on any atom is -0.489 e. The largest absolute Gasteiger partial charge is 0.489 e. The van der Waals surface area contributed by atoms with Gasteiger partial charge in [0.05, 0.1) is 29.7 Å². The molecule has 160 valence electrons. The maximum Gasteiger partial charge on any atom is 0.192 e. The number of ether oxygens (including phenoxy) is 1. The normalized spacial score (nSPS) is 12.2. The monoisotopic (exact) mass is 423 g/mol. The van der Waals surface area contributed by atoms with E-state index in [1.807, 2.05) is 48.5 Å². The number of nitrogen functional groups attached to an aromatic ring is 1. The molecule has 0 saturated heterocycles. The average molecular weight is 424 g/mol. The molecule has 0 aliphatic heterocycles. The average Bonchev–Trinajstić information content (AvgIpc) is 2.70. The molecule has 3 rings (SSSR count). The predicted molar refractivity (Wildman–Crippen MR) is 129 cm³/mol. The van der Waals surface area contributed by atoms with Crippen LogP contribution < -0.4 is 15.8 Å². The molecule has 0 radical (unpaired) electrons. The molecule has 0 unspecified atom stereocenters. The van der Waals surface area contributed by atoms with Crippen LogP contribution in [0.2, 0.25) is 18.1 Å². The van der Waals surface area contributed by atoms with Crippen molar-refractivity contribution in [2.45, 2.75) is 45.5 Å². The summed E-state index contributed by atoms with van der Waals surface area (Å²) in [5.41, 5.74) is 9.72. The number of aromatic nitrogens is 1. The van der Waals surface area contributed by atoms with Crippen LogP contribution in [-0.2, 0) is 11.0 Å². The Hall–Kier alpha value is -2.57. The second kappa shape index (κ2) is 9.06. The molecule has 0 bridgehead atoms. The van der Waals surface area contributed by atoms with Gasteiger partial charge in [-0.1, -0.05) is 51.1 Å². The third-order valence-electron chi connectivity index (χ3n) is 5.79. The molecule has 0 spiro atoms. The second-order valence-corrected chi connectivity index (χ2v) is 13.9. The van der Waals surface area contributed by atoms with E-state index in [1.165, 1.54) is 0 Å². The summed E-state index contributed by atoms with van der Waals surface area (Å²) < 4.78 is 12.2. The number of rotatable bonds is 8. The quantitative estimate of drug-likeness (QED) is 0.352. The lowest BCUT2D eigenvalue weighted by Gasteiger charge is -2.36. The first kappa shape index (κ1) is 22.1. The van der Waals surface area contributed by atoms with Crippen LogP contribution in [-0.4, -0.2) is 26.5 Å². The van der Waals surface area contributed by atoms with E-state index in [0.717, 1.165) is 27.9 Å². The number of pyridine rings is 1. The van der Waals surface area contributed by atoms with Crippen molar-refractivity contribution in [2.75, 3.05) is 24.2 Å².